The van der Waals surface area contributed by atoms with Crippen molar-refractivity contribution in [3.63, 3.8) is 0 Å². The summed E-state index contributed by atoms with van der Waals surface area (Å²) in [4.78, 5) is 24.9. The average Bonchev–Trinajstić information content (AvgIpc) is 3.38. The Morgan fingerprint density at radius 3 is 2.64 bits per heavy atom. The van der Waals surface area contributed by atoms with Gasteiger partial charge in [-0.1, -0.05) is 36.4 Å². The number of nitrogens with one attached hydrogen (secondary N) is 2. The van der Waals surface area contributed by atoms with Crippen LogP contribution in [-0.2, 0) is 17.6 Å². The van der Waals surface area contributed by atoms with Crippen LogP contribution in [0, 0.1) is 12.7 Å². The molecule has 0 atom stereocenters. The van der Waals surface area contributed by atoms with Crippen molar-refractivity contribution >= 4 is 22.6 Å². The zero-order chi connectivity index (χ0) is 22.8. The van der Waals surface area contributed by atoms with Gasteiger partial charge in [0.05, 0.1) is 23.1 Å². The second-order valence-electron chi connectivity index (χ2n) is 7.80. The highest BCUT2D eigenvalue weighted by atomic mass is 19.1. The number of anilines is 1. The quantitative estimate of drug-likeness (QED) is 0.368. The molecule has 5 aromatic rings. The van der Waals surface area contributed by atoms with Gasteiger partial charge in [-0.15, -0.1) is 0 Å². The Labute approximate surface area is 189 Å². The topological polar surface area (TPSA) is 83.8 Å². The first-order chi connectivity index (χ1) is 16.0. The van der Waals surface area contributed by atoms with Crippen LogP contribution in [0.15, 0.2) is 77.2 Å². The van der Waals surface area contributed by atoms with Gasteiger partial charge in [0.25, 0.3) is 0 Å². The molecule has 0 saturated heterocycles. The predicted octanol–water partition coefficient (Wildman–Crippen LogP) is 5.44. The molecule has 0 saturated carbocycles. The summed E-state index contributed by atoms with van der Waals surface area (Å²) >= 11 is 0. The molecular weight excluding hydrogens is 419 g/mol. The highest BCUT2D eigenvalue weighted by Crippen LogP contribution is 2.23. The number of carbonyl (C=O) groups excluding carboxylic acids is 1. The maximum Gasteiger partial charge on any atom is 0.230 e. The van der Waals surface area contributed by atoms with Crippen molar-refractivity contribution in [2.45, 2.75) is 19.8 Å². The largest absolute Gasteiger partial charge is 0.441 e. The maximum absolute atomic E-state index is 13.9. The van der Waals surface area contributed by atoms with Gasteiger partial charge in [0.1, 0.15) is 17.4 Å². The summed E-state index contributed by atoms with van der Waals surface area (Å²) in [6, 6.07) is 21.6. The van der Waals surface area contributed by atoms with Gasteiger partial charge in [0.2, 0.25) is 11.8 Å². The molecular formula is C26H21FN4O2. The van der Waals surface area contributed by atoms with E-state index >= 15 is 0 Å². The molecule has 6 nitrogen and oxygen atoms in total. The summed E-state index contributed by atoms with van der Waals surface area (Å²) in [6.45, 7) is 1.80. The van der Waals surface area contributed by atoms with Crippen LogP contribution in [0.1, 0.15) is 22.8 Å². The molecule has 164 valence electrons. The van der Waals surface area contributed by atoms with Crippen LogP contribution in [0.25, 0.3) is 22.5 Å². The molecule has 2 heterocycles. The van der Waals surface area contributed by atoms with Gasteiger partial charge in [-0.25, -0.2) is 14.4 Å². The molecule has 3 aromatic carbocycles. The van der Waals surface area contributed by atoms with E-state index < -0.39 is 0 Å². The number of hydrogen-bond acceptors (Lipinski definition) is 4. The normalized spacial score (nSPS) is 11.1. The zero-order valence-electron chi connectivity index (χ0n) is 17.9. The molecule has 1 amide bonds. The van der Waals surface area contributed by atoms with E-state index in [1.165, 1.54) is 6.07 Å². The molecule has 0 unspecified atom stereocenters. The van der Waals surface area contributed by atoms with E-state index in [4.69, 9.17) is 4.42 Å². The number of aryl methyl sites for hydroxylation is 1. The standard InChI is InChI=1S/C26H21FN4O2/c1-16-22(31-26(33-16)17-7-3-2-4-8-17)15-25(32)28-19-11-12-21-23(14-19)30-24(29-21)13-18-9-5-6-10-20(18)27/h2-12,14H,13,15H2,1H3,(H,28,32)(H,29,30). The van der Waals surface area contributed by atoms with Crippen molar-refractivity contribution in [2.75, 3.05) is 5.32 Å². The van der Waals surface area contributed by atoms with Gasteiger partial charge in [-0.2, -0.15) is 0 Å². The summed E-state index contributed by atoms with van der Waals surface area (Å²) in [5, 5.41) is 2.90. The molecule has 5 rings (SSSR count). The smallest absolute Gasteiger partial charge is 0.230 e. The van der Waals surface area contributed by atoms with Crippen molar-refractivity contribution in [1.29, 1.82) is 0 Å². The maximum atomic E-state index is 13.9. The Kier molecular flexibility index (Phi) is 5.44. The lowest BCUT2D eigenvalue weighted by Crippen LogP contribution is -2.15. The molecule has 7 heteroatoms. The van der Waals surface area contributed by atoms with E-state index in [-0.39, 0.29) is 18.1 Å². The SMILES string of the molecule is Cc1oc(-c2ccccc2)nc1CC(=O)Nc1ccc2nc(Cc3ccccc3F)[nH]c2c1. The van der Waals surface area contributed by atoms with Crippen molar-refractivity contribution in [3.05, 3.63) is 101 Å². The van der Waals surface area contributed by atoms with Crippen LogP contribution in [0.2, 0.25) is 0 Å². The number of fused-ring (bicyclic) bond motifs is 1. The number of aromatic nitrogens is 3. The fourth-order valence-corrected chi connectivity index (χ4v) is 3.70. The number of imidazole rings is 1. The number of amides is 1. The van der Waals surface area contributed by atoms with Crippen LogP contribution in [0.5, 0.6) is 0 Å². The first kappa shape index (κ1) is 20.6. The molecule has 0 aliphatic rings. The van der Waals surface area contributed by atoms with Crippen LogP contribution < -0.4 is 5.32 Å². The number of carbonyl (C=O) groups is 1. The van der Waals surface area contributed by atoms with Gasteiger partial charge in [-0.3, -0.25) is 4.79 Å². The molecule has 0 radical (unpaired) electrons. The summed E-state index contributed by atoms with van der Waals surface area (Å²) in [6.07, 6.45) is 0.458. The minimum Gasteiger partial charge on any atom is -0.441 e. The van der Waals surface area contributed by atoms with Gasteiger partial charge < -0.3 is 14.7 Å². The third kappa shape index (κ3) is 4.52. The third-order valence-electron chi connectivity index (χ3n) is 5.37. The molecule has 2 aromatic heterocycles. The molecule has 0 fully saturated rings. The summed E-state index contributed by atoms with van der Waals surface area (Å²) < 4.78 is 19.7. The van der Waals surface area contributed by atoms with E-state index in [2.05, 4.69) is 20.3 Å². The molecule has 0 spiro atoms. The highest BCUT2D eigenvalue weighted by Gasteiger charge is 2.15. The first-order valence-corrected chi connectivity index (χ1v) is 10.6. The van der Waals surface area contributed by atoms with Gasteiger partial charge in [0, 0.05) is 17.7 Å². The lowest BCUT2D eigenvalue weighted by Gasteiger charge is -2.04. The Morgan fingerprint density at radius 1 is 1.03 bits per heavy atom. The fraction of sp³-hybridized carbons (Fsp3) is 0.115. The Balaban J connectivity index is 1.29. The van der Waals surface area contributed by atoms with E-state index in [1.807, 2.05) is 42.5 Å². The zero-order valence-corrected chi connectivity index (χ0v) is 17.9. The number of hydrogen-bond donors (Lipinski definition) is 2. The second-order valence-corrected chi connectivity index (χ2v) is 7.80. The lowest BCUT2D eigenvalue weighted by molar-refractivity contribution is -0.115. The number of oxazole rings is 1. The Hall–Kier alpha value is -4.26. The minimum atomic E-state index is -0.260. The predicted molar refractivity (Wildman–Crippen MR) is 124 cm³/mol. The number of H-pyrrole nitrogens is 1. The lowest BCUT2D eigenvalue weighted by atomic mass is 10.1. The van der Waals surface area contributed by atoms with Crippen LogP contribution in [-0.4, -0.2) is 20.9 Å². The van der Waals surface area contributed by atoms with Gasteiger partial charge in [-0.05, 0) is 48.9 Å². The number of benzene rings is 3. The third-order valence-corrected chi connectivity index (χ3v) is 5.37. The van der Waals surface area contributed by atoms with Crippen LogP contribution in [0.3, 0.4) is 0 Å². The Bertz CT molecular complexity index is 1440. The summed E-state index contributed by atoms with van der Waals surface area (Å²) in [5.41, 5.74) is 4.19. The second kappa shape index (κ2) is 8.70. The first-order valence-electron chi connectivity index (χ1n) is 10.6. The number of rotatable bonds is 6. The fourth-order valence-electron chi connectivity index (χ4n) is 3.70. The van der Waals surface area contributed by atoms with E-state index in [1.54, 1.807) is 31.2 Å². The molecule has 0 aliphatic heterocycles. The van der Waals surface area contributed by atoms with Gasteiger partial charge in [0.15, 0.2) is 0 Å². The molecule has 0 aliphatic carbocycles. The average molecular weight is 440 g/mol. The van der Waals surface area contributed by atoms with E-state index in [9.17, 15) is 9.18 Å². The van der Waals surface area contributed by atoms with Crippen molar-refractivity contribution in [3.8, 4) is 11.5 Å². The van der Waals surface area contributed by atoms with Crippen LogP contribution in [0.4, 0.5) is 10.1 Å². The summed E-state index contributed by atoms with van der Waals surface area (Å²) in [5.74, 6) is 1.31. The van der Waals surface area contributed by atoms with Gasteiger partial charge >= 0.3 is 0 Å². The monoisotopic (exact) mass is 440 g/mol. The van der Waals surface area contributed by atoms with Crippen molar-refractivity contribution < 1.29 is 13.6 Å². The van der Waals surface area contributed by atoms with E-state index in [0.717, 1.165) is 16.6 Å². The molecule has 2 N–H and O–H groups in total. The van der Waals surface area contributed by atoms with Crippen molar-refractivity contribution in [2.24, 2.45) is 0 Å². The minimum absolute atomic E-state index is 0.0989. The highest BCUT2D eigenvalue weighted by molar-refractivity contribution is 5.94. The van der Waals surface area contributed by atoms with Crippen molar-refractivity contribution in [1.82, 2.24) is 15.0 Å². The van der Waals surface area contributed by atoms with Crippen LogP contribution >= 0.6 is 0 Å². The summed E-state index contributed by atoms with van der Waals surface area (Å²) in [7, 11) is 0. The number of aromatic amines is 1. The number of nitrogens with zero attached hydrogens (tertiary/aromatic N) is 2. The Morgan fingerprint density at radius 2 is 1.82 bits per heavy atom. The molecule has 0 bridgehead atoms. The molecule has 33 heavy (non-hydrogen) atoms. The number of halogens is 1. The van der Waals surface area contributed by atoms with E-state index in [0.29, 0.717) is 40.8 Å².